The zero-order valence-corrected chi connectivity index (χ0v) is 18.6. The molecule has 32 heavy (non-hydrogen) atoms. The Hall–Kier alpha value is -2.83. The molecule has 1 aromatic heterocycles. The van der Waals surface area contributed by atoms with Crippen molar-refractivity contribution in [2.75, 3.05) is 49.4 Å². The lowest BCUT2D eigenvalue weighted by Gasteiger charge is -2.47. The second-order valence-electron chi connectivity index (χ2n) is 8.73. The number of hydrogen-bond acceptors (Lipinski definition) is 7. The van der Waals surface area contributed by atoms with Crippen molar-refractivity contribution in [3.05, 3.63) is 36.0 Å². The summed E-state index contributed by atoms with van der Waals surface area (Å²) in [6.07, 6.45) is 3.85. The van der Waals surface area contributed by atoms with Gasteiger partial charge in [-0.3, -0.25) is 14.6 Å². The normalized spacial score (nSPS) is 21.9. The molecule has 1 aromatic carbocycles. The topological polar surface area (TPSA) is 98.6 Å². The van der Waals surface area contributed by atoms with Gasteiger partial charge in [-0.2, -0.15) is 5.26 Å². The molecule has 1 N–H and O–H groups in total. The van der Waals surface area contributed by atoms with Crippen LogP contribution in [0.4, 0.5) is 5.69 Å². The summed E-state index contributed by atoms with van der Waals surface area (Å²) in [6, 6.07) is 9.43. The predicted octanol–water partition coefficient (Wildman–Crippen LogP) is 2.01. The number of aromatic nitrogens is 1. The van der Waals surface area contributed by atoms with E-state index in [1.54, 1.807) is 24.0 Å². The van der Waals surface area contributed by atoms with E-state index in [9.17, 15) is 14.9 Å². The van der Waals surface area contributed by atoms with Crippen LogP contribution in [0.25, 0.3) is 10.9 Å². The molecular formula is C23H25N5O3S. The number of rotatable bonds is 4. The third-order valence-electron chi connectivity index (χ3n) is 6.73. The average molecular weight is 452 g/mol. The van der Waals surface area contributed by atoms with E-state index < -0.39 is 6.04 Å². The summed E-state index contributed by atoms with van der Waals surface area (Å²) in [5.74, 6) is 0.541. The van der Waals surface area contributed by atoms with Crippen LogP contribution in [0, 0.1) is 16.7 Å². The quantitative estimate of drug-likeness (QED) is 0.759. The zero-order valence-electron chi connectivity index (χ0n) is 17.7. The minimum absolute atomic E-state index is 0.128. The van der Waals surface area contributed by atoms with Gasteiger partial charge in [-0.05, 0) is 37.1 Å². The number of ether oxygens (including phenoxy) is 1. The largest absolute Gasteiger partial charge is 0.380 e. The number of nitrogens with zero attached hydrogens (tertiary/aromatic N) is 4. The summed E-state index contributed by atoms with van der Waals surface area (Å²) in [4.78, 5) is 33.7. The third kappa shape index (κ3) is 3.89. The van der Waals surface area contributed by atoms with Gasteiger partial charge in [0.25, 0.3) is 5.91 Å². The van der Waals surface area contributed by atoms with E-state index in [0.29, 0.717) is 22.6 Å². The Labute approximate surface area is 190 Å². The molecule has 0 radical (unpaired) electrons. The fourth-order valence-corrected chi connectivity index (χ4v) is 5.70. The second-order valence-corrected chi connectivity index (χ2v) is 9.73. The second kappa shape index (κ2) is 8.60. The van der Waals surface area contributed by atoms with Crippen LogP contribution in [0.3, 0.4) is 0 Å². The van der Waals surface area contributed by atoms with Crippen LogP contribution in [0.2, 0.25) is 0 Å². The van der Waals surface area contributed by atoms with Gasteiger partial charge in [0.1, 0.15) is 6.04 Å². The fraction of sp³-hybridized carbons (Fsp3) is 0.478. The molecule has 0 bridgehead atoms. The number of piperidine rings is 1. The van der Waals surface area contributed by atoms with E-state index in [-0.39, 0.29) is 18.4 Å². The Morgan fingerprint density at radius 3 is 2.81 bits per heavy atom. The highest BCUT2D eigenvalue weighted by Crippen LogP contribution is 2.39. The van der Waals surface area contributed by atoms with E-state index in [1.807, 2.05) is 12.1 Å². The van der Waals surface area contributed by atoms with Gasteiger partial charge in [0.05, 0.1) is 42.8 Å². The van der Waals surface area contributed by atoms with Crippen molar-refractivity contribution >= 4 is 40.2 Å². The maximum absolute atomic E-state index is 12.9. The number of thioether (sulfide) groups is 1. The number of carbonyl (C=O) groups is 2. The zero-order chi connectivity index (χ0) is 22.1. The molecule has 8 nitrogen and oxygen atoms in total. The summed E-state index contributed by atoms with van der Waals surface area (Å²) in [6.45, 7) is 3.56. The third-order valence-corrected chi connectivity index (χ3v) is 7.74. The summed E-state index contributed by atoms with van der Waals surface area (Å²) in [5, 5.41) is 12.7. The molecule has 2 aromatic rings. The lowest BCUT2D eigenvalue weighted by Crippen LogP contribution is -2.50. The van der Waals surface area contributed by atoms with Crippen LogP contribution in [-0.4, -0.2) is 72.2 Å². The van der Waals surface area contributed by atoms with Gasteiger partial charge in [0, 0.05) is 41.5 Å². The van der Waals surface area contributed by atoms with Crippen molar-refractivity contribution in [2.24, 2.45) is 5.41 Å². The van der Waals surface area contributed by atoms with Gasteiger partial charge in [-0.25, -0.2) is 0 Å². The molecule has 3 aliphatic rings. The maximum Gasteiger partial charge on any atom is 0.252 e. The molecule has 3 aliphatic heterocycles. The number of carbonyl (C=O) groups excluding carboxylic acids is 2. The van der Waals surface area contributed by atoms with Gasteiger partial charge < -0.3 is 19.9 Å². The van der Waals surface area contributed by atoms with Gasteiger partial charge in [-0.1, -0.05) is 0 Å². The van der Waals surface area contributed by atoms with Crippen molar-refractivity contribution in [2.45, 2.75) is 18.9 Å². The Kier molecular flexibility index (Phi) is 5.66. The molecule has 4 heterocycles. The van der Waals surface area contributed by atoms with Crippen LogP contribution in [0.15, 0.2) is 30.5 Å². The lowest BCUT2D eigenvalue weighted by atomic mass is 9.77. The van der Waals surface area contributed by atoms with E-state index in [2.05, 4.69) is 27.3 Å². The number of pyridine rings is 1. The number of benzene rings is 1. The Morgan fingerprint density at radius 2 is 2.09 bits per heavy atom. The Balaban J connectivity index is 1.30. The summed E-state index contributed by atoms with van der Waals surface area (Å²) in [7, 11) is 0. The molecule has 166 valence electrons. The molecule has 1 spiro atoms. The summed E-state index contributed by atoms with van der Waals surface area (Å²) < 4.78 is 5.43. The van der Waals surface area contributed by atoms with Crippen LogP contribution < -0.4 is 10.2 Å². The SMILES string of the molecule is N#C[C@@H]1CSCN1C(=O)CNC(=O)c1ccnc2ccc(N3CCC4(CC3)COC4)cc12. The molecule has 1 atom stereocenters. The number of nitrogens with one attached hydrogen (secondary N) is 1. The molecule has 9 heteroatoms. The highest BCUT2D eigenvalue weighted by Gasteiger charge is 2.41. The predicted molar refractivity (Wildman–Crippen MR) is 122 cm³/mol. The van der Waals surface area contributed by atoms with E-state index >= 15 is 0 Å². The first-order valence-electron chi connectivity index (χ1n) is 10.9. The van der Waals surface area contributed by atoms with Crippen LogP contribution >= 0.6 is 11.8 Å². The smallest absolute Gasteiger partial charge is 0.252 e. The molecule has 0 aliphatic carbocycles. The first-order valence-corrected chi connectivity index (χ1v) is 12.0. The highest BCUT2D eigenvalue weighted by atomic mass is 32.2. The van der Waals surface area contributed by atoms with Gasteiger partial charge in [0.2, 0.25) is 5.91 Å². The minimum atomic E-state index is -0.427. The summed E-state index contributed by atoms with van der Waals surface area (Å²) >= 11 is 1.55. The molecule has 2 amide bonds. The van der Waals surface area contributed by atoms with Crippen LogP contribution in [-0.2, 0) is 9.53 Å². The highest BCUT2D eigenvalue weighted by molar-refractivity contribution is 7.99. The van der Waals surface area contributed by atoms with E-state index in [4.69, 9.17) is 4.74 Å². The molecule has 0 unspecified atom stereocenters. The standard InChI is InChI=1S/C23H25N5O3S/c24-10-17-12-32-15-28(17)21(29)11-26-22(30)18-3-6-25-20-2-1-16(9-19(18)20)27-7-4-23(5-8-27)13-31-14-23/h1-3,6,9,17H,4-5,7-8,11-15H2,(H,26,30)/t17-/m1/s1. The molecule has 3 fully saturated rings. The fourth-order valence-electron chi connectivity index (χ4n) is 4.60. The first-order chi connectivity index (χ1) is 15.6. The minimum Gasteiger partial charge on any atom is -0.380 e. The van der Waals surface area contributed by atoms with E-state index in [0.717, 1.165) is 55.7 Å². The molecule has 3 saturated heterocycles. The molecule has 0 saturated carbocycles. The van der Waals surface area contributed by atoms with Crippen LogP contribution in [0.5, 0.6) is 0 Å². The van der Waals surface area contributed by atoms with Crippen LogP contribution in [0.1, 0.15) is 23.2 Å². The number of anilines is 1. The summed E-state index contributed by atoms with van der Waals surface area (Å²) in [5.41, 5.74) is 2.69. The van der Waals surface area contributed by atoms with Crippen molar-refractivity contribution in [1.82, 2.24) is 15.2 Å². The maximum atomic E-state index is 12.9. The van der Waals surface area contributed by atoms with Crippen molar-refractivity contribution in [3.8, 4) is 6.07 Å². The number of amides is 2. The molecular weight excluding hydrogens is 426 g/mol. The average Bonchev–Trinajstić information content (AvgIpc) is 3.30. The van der Waals surface area contributed by atoms with Crippen molar-refractivity contribution in [1.29, 1.82) is 5.26 Å². The van der Waals surface area contributed by atoms with Gasteiger partial charge in [-0.15, -0.1) is 11.8 Å². The van der Waals surface area contributed by atoms with Gasteiger partial charge >= 0.3 is 0 Å². The van der Waals surface area contributed by atoms with Gasteiger partial charge in [0.15, 0.2) is 0 Å². The number of hydrogen-bond donors (Lipinski definition) is 1. The van der Waals surface area contributed by atoms with E-state index in [1.165, 1.54) is 4.90 Å². The lowest BCUT2D eigenvalue weighted by molar-refractivity contribution is -0.129. The monoisotopic (exact) mass is 451 g/mol. The number of nitriles is 1. The Morgan fingerprint density at radius 1 is 1.28 bits per heavy atom. The first kappa shape index (κ1) is 21.0. The Bertz CT molecular complexity index is 1090. The number of fused-ring (bicyclic) bond motifs is 1. The molecule has 5 rings (SSSR count). The van der Waals surface area contributed by atoms with Crippen molar-refractivity contribution < 1.29 is 14.3 Å². The van der Waals surface area contributed by atoms with Crippen molar-refractivity contribution in [3.63, 3.8) is 0 Å².